The summed E-state index contributed by atoms with van der Waals surface area (Å²) < 4.78 is 10.4. The number of methoxy groups -OCH3 is 1. The van der Waals surface area contributed by atoms with E-state index in [1.54, 1.807) is 18.4 Å². The van der Waals surface area contributed by atoms with E-state index in [1.807, 2.05) is 0 Å². The quantitative estimate of drug-likeness (QED) is 0.690. The smallest absolute Gasteiger partial charge is 0.315 e. The summed E-state index contributed by atoms with van der Waals surface area (Å²) in [5, 5.41) is 14.2. The number of hydrogen-bond acceptors (Lipinski definition) is 7. The first-order valence-corrected chi connectivity index (χ1v) is 7.47. The summed E-state index contributed by atoms with van der Waals surface area (Å²) in [6.45, 7) is 4.85. The topological polar surface area (TPSA) is 72.2 Å². The molecule has 2 aromatic heterocycles. The molecule has 0 fully saturated rings. The zero-order valence-corrected chi connectivity index (χ0v) is 12.6. The first kappa shape index (κ1) is 15.0. The van der Waals surface area contributed by atoms with E-state index in [0.717, 1.165) is 13.0 Å². The molecule has 0 spiro atoms. The average Bonchev–Trinajstić information content (AvgIpc) is 3.10. The fraction of sp³-hybridized carbons (Fsp3) is 0.538. The SMILES string of the molecule is CCc1ccc(CNc2nnc(CNCCOC)o2)s1. The van der Waals surface area contributed by atoms with Gasteiger partial charge in [0.25, 0.3) is 0 Å². The van der Waals surface area contributed by atoms with Crippen LogP contribution in [0.25, 0.3) is 0 Å². The molecule has 0 aliphatic heterocycles. The van der Waals surface area contributed by atoms with Gasteiger partial charge in [0.2, 0.25) is 5.89 Å². The summed E-state index contributed by atoms with van der Waals surface area (Å²) in [4.78, 5) is 2.65. The van der Waals surface area contributed by atoms with Gasteiger partial charge in [0.1, 0.15) is 0 Å². The van der Waals surface area contributed by atoms with Crippen LogP contribution in [0.15, 0.2) is 16.5 Å². The predicted octanol–water partition coefficient (Wildman–Crippen LogP) is 2.04. The molecule has 2 heterocycles. The van der Waals surface area contributed by atoms with Crippen molar-refractivity contribution in [3.8, 4) is 0 Å². The highest BCUT2D eigenvalue weighted by atomic mass is 32.1. The van der Waals surface area contributed by atoms with Crippen LogP contribution in [0.2, 0.25) is 0 Å². The van der Waals surface area contributed by atoms with Crippen molar-refractivity contribution in [1.29, 1.82) is 0 Å². The lowest BCUT2D eigenvalue weighted by atomic mass is 10.4. The van der Waals surface area contributed by atoms with Gasteiger partial charge < -0.3 is 19.8 Å². The van der Waals surface area contributed by atoms with Gasteiger partial charge in [0.15, 0.2) is 0 Å². The second-order valence-electron chi connectivity index (χ2n) is 4.25. The second-order valence-corrected chi connectivity index (χ2v) is 5.50. The molecule has 6 nitrogen and oxygen atoms in total. The van der Waals surface area contributed by atoms with E-state index in [0.29, 0.717) is 31.6 Å². The summed E-state index contributed by atoms with van der Waals surface area (Å²) >= 11 is 1.80. The van der Waals surface area contributed by atoms with Gasteiger partial charge >= 0.3 is 6.01 Å². The Morgan fingerprint density at radius 3 is 2.85 bits per heavy atom. The van der Waals surface area contributed by atoms with Crippen molar-refractivity contribution in [2.24, 2.45) is 0 Å². The molecule has 0 aliphatic carbocycles. The lowest BCUT2D eigenvalue weighted by Crippen LogP contribution is -2.18. The van der Waals surface area contributed by atoms with Gasteiger partial charge in [0.05, 0.1) is 19.7 Å². The fourth-order valence-corrected chi connectivity index (χ4v) is 2.53. The highest BCUT2D eigenvalue weighted by Gasteiger charge is 2.06. The molecule has 0 atom stereocenters. The lowest BCUT2D eigenvalue weighted by Gasteiger charge is -2.00. The molecule has 110 valence electrons. The van der Waals surface area contributed by atoms with E-state index in [9.17, 15) is 0 Å². The third-order valence-corrected chi connectivity index (χ3v) is 3.94. The van der Waals surface area contributed by atoms with E-state index >= 15 is 0 Å². The van der Waals surface area contributed by atoms with Gasteiger partial charge in [-0.25, -0.2) is 0 Å². The van der Waals surface area contributed by atoms with E-state index in [2.05, 4.69) is 39.9 Å². The van der Waals surface area contributed by atoms with Crippen molar-refractivity contribution >= 4 is 17.4 Å². The van der Waals surface area contributed by atoms with Gasteiger partial charge in [-0.1, -0.05) is 12.0 Å². The minimum Gasteiger partial charge on any atom is -0.407 e. The van der Waals surface area contributed by atoms with Crippen molar-refractivity contribution in [2.75, 3.05) is 25.6 Å². The third-order valence-electron chi connectivity index (χ3n) is 2.71. The largest absolute Gasteiger partial charge is 0.407 e. The summed E-state index contributed by atoms with van der Waals surface area (Å²) in [7, 11) is 1.67. The van der Waals surface area contributed by atoms with Gasteiger partial charge in [0, 0.05) is 23.4 Å². The lowest BCUT2D eigenvalue weighted by molar-refractivity contribution is 0.198. The Bertz CT molecular complexity index is 512. The Labute approximate surface area is 122 Å². The van der Waals surface area contributed by atoms with Gasteiger partial charge in [-0.05, 0) is 18.6 Å². The van der Waals surface area contributed by atoms with Crippen LogP contribution in [0, 0.1) is 0 Å². The first-order chi connectivity index (χ1) is 9.81. The van der Waals surface area contributed by atoms with E-state index < -0.39 is 0 Å². The molecule has 0 amide bonds. The third kappa shape index (κ3) is 4.59. The Kier molecular flexibility index (Phi) is 5.97. The highest BCUT2D eigenvalue weighted by molar-refractivity contribution is 7.12. The van der Waals surface area contributed by atoms with Crippen LogP contribution in [0.4, 0.5) is 6.01 Å². The summed E-state index contributed by atoms with van der Waals surface area (Å²) in [6.07, 6.45) is 1.07. The maximum atomic E-state index is 5.49. The molecule has 7 heteroatoms. The van der Waals surface area contributed by atoms with E-state index in [-0.39, 0.29) is 0 Å². The molecule has 0 aromatic carbocycles. The van der Waals surface area contributed by atoms with Gasteiger partial charge in [-0.15, -0.1) is 16.4 Å². The van der Waals surface area contributed by atoms with E-state index in [1.165, 1.54) is 9.75 Å². The molecule has 0 radical (unpaired) electrons. The minimum atomic E-state index is 0.458. The molecule has 0 unspecified atom stereocenters. The molecule has 0 aliphatic rings. The Balaban J connectivity index is 1.74. The molecule has 20 heavy (non-hydrogen) atoms. The molecule has 0 bridgehead atoms. The number of hydrogen-bond donors (Lipinski definition) is 2. The van der Waals surface area contributed by atoms with Crippen LogP contribution >= 0.6 is 11.3 Å². The highest BCUT2D eigenvalue weighted by Crippen LogP contribution is 2.18. The monoisotopic (exact) mass is 296 g/mol. The molecule has 2 aromatic rings. The number of nitrogens with zero attached hydrogens (tertiary/aromatic N) is 2. The number of thiophene rings is 1. The number of anilines is 1. The van der Waals surface area contributed by atoms with Crippen molar-refractivity contribution < 1.29 is 9.15 Å². The van der Waals surface area contributed by atoms with Crippen molar-refractivity contribution in [2.45, 2.75) is 26.4 Å². The summed E-state index contributed by atoms with van der Waals surface area (Å²) in [5.41, 5.74) is 0. The Hall–Kier alpha value is -1.44. The molecular weight excluding hydrogens is 276 g/mol. The molecular formula is C13H20N4O2S. The number of ether oxygens (including phenoxy) is 1. The van der Waals surface area contributed by atoms with Crippen molar-refractivity contribution in [3.05, 3.63) is 27.8 Å². The Morgan fingerprint density at radius 1 is 1.25 bits per heavy atom. The number of aromatic nitrogens is 2. The standard InChI is InChI=1S/C13H20N4O2S/c1-3-10-4-5-11(20-10)8-15-13-17-16-12(19-13)9-14-6-7-18-2/h4-5,14H,3,6-9H2,1-2H3,(H,15,17). The summed E-state index contributed by atoms with van der Waals surface area (Å²) in [6, 6.07) is 4.74. The van der Waals surface area contributed by atoms with E-state index in [4.69, 9.17) is 9.15 Å². The van der Waals surface area contributed by atoms with Gasteiger partial charge in [-0.2, -0.15) is 0 Å². The van der Waals surface area contributed by atoms with Crippen LogP contribution in [0.3, 0.4) is 0 Å². The maximum absolute atomic E-state index is 5.49. The van der Waals surface area contributed by atoms with Crippen molar-refractivity contribution in [1.82, 2.24) is 15.5 Å². The fourth-order valence-electron chi connectivity index (χ4n) is 1.64. The normalized spacial score (nSPS) is 10.9. The number of aryl methyl sites for hydroxylation is 1. The number of nitrogens with one attached hydrogen (secondary N) is 2. The van der Waals surface area contributed by atoms with Crippen LogP contribution in [0.1, 0.15) is 22.6 Å². The Morgan fingerprint density at radius 2 is 2.10 bits per heavy atom. The van der Waals surface area contributed by atoms with Gasteiger partial charge in [-0.3, -0.25) is 0 Å². The number of rotatable bonds is 9. The molecule has 0 saturated heterocycles. The second kappa shape index (κ2) is 7.98. The van der Waals surface area contributed by atoms with Crippen LogP contribution in [0.5, 0.6) is 0 Å². The van der Waals surface area contributed by atoms with Crippen LogP contribution in [-0.4, -0.2) is 30.5 Å². The minimum absolute atomic E-state index is 0.458. The zero-order valence-electron chi connectivity index (χ0n) is 11.8. The first-order valence-electron chi connectivity index (χ1n) is 6.65. The maximum Gasteiger partial charge on any atom is 0.315 e. The molecule has 2 N–H and O–H groups in total. The predicted molar refractivity (Wildman–Crippen MR) is 78.9 cm³/mol. The average molecular weight is 296 g/mol. The molecule has 2 rings (SSSR count). The molecule has 0 saturated carbocycles. The van der Waals surface area contributed by atoms with Crippen LogP contribution in [-0.2, 0) is 24.2 Å². The van der Waals surface area contributed by atoms with Crippen LogP contribution < -0.4 is 10.6 Å². The zero-order chi connectivity index (χ0) is 14.2. The summed E-state index contributed by atoms with van der Waals surface area (Å²) in [5.74, 6) is 0.573. The van der Waals surface area contributed by atoms with Crippen molar-refractivity contribution in [3.63, 3.8) is 0 Å².